The van der Waals surface area contributed by atoms with Crippen LogP contribution < -0.4 is 0 Å². The van der Waals surface area contributed by atoms with Crippen molar-refractivity contribution in [1.82, 2.24) is 0 Å². The zero-order chi connectivity index (χ0) is 12.3. The Kier molecular flexibility index (Phi) is 3.51. The van der Waals surface area contributed by atoms with Crippen molar-refractivity contribution in [3.05, 3.63) is 21.9 Å². The summed E-state index contributed by atoms with van der Waals surface area (Å²) in [6.07, 6.45) is 4.62. The van der Waals surface area contributed by atoms with E-state index in [-0.39, 0.29) is 4.88 Å². The highest BCUT2D eigenvalue weighted by Gasteiger charge is 2.26. The molecule has 1 aromatic heterocycles. The summed E-state index contributed by atoms with van der Waals surface area (Å²) in [6, 6.07) is 3.23. The van der Waals surface area contributed by atoms with Crippen LogP contribution in [0.5, 0.6) is 0 Å². The smallest absolute Gasteiger partial charge is 0.345 e. The first-order valence-corrected chi connectivity index (χ1v) is 6.49. The van der Waals surface area contributed by atoms with E-state index in [2.05, 4.69) is 11.8 Å². The van der Waals surface area contributed by atoms with Gasteiger partial charge in [-0.15, -0.1) is 11.3 Å². The van der Waals surface area contributed by atoms with Crippen molar-refractivity contribution >= 4 is 17.3 Å². The van der Waals surface area contributed by atoms with Crippen LogP contribution in [0.3, 0.4) is 0 Å². The standard InChI is InChI=1S/C13H14O3S/c14-12(15)11-5-4-10(17-11)6-9-13(16)7-2-1-3-8-13/h4-5,16H,1-3,7-8H2,(H,14,15). The van der Waals surface area contributed by atoms with Crippen molar-refractivity contribution < 1.29 is 15.0 Å². The molecule has 1 aliphatic carbocycles. The molecular weight excluding hydrogens is 236 g/mol. The Morgan fingerprint density at radius 2 is 2.00 bits per heavy atom. The van der Waals surface area contributed by atoms with E-state index in [0.717, 1.165) is 43.4 Å². The van der Waals surface area contributed by atoms with E-state index < -0.39 is 11.6 Å². The SMILES string of the molecule is O=C(O)c1ccc(C#CC2(O)CCCCC2)s1. The van der Waals surface area contributed by atoms with E-state index in [9.17, 15) is 9.90 Å². The van der Waals surface area contributed by atoms with Gasteiger partial charge in [0.15, 0.2) is 0 Å². The highest BCUT2D eigenvalue weighted by molar-refractivity contribution is 7.14. The normalized spacial score (nSPS) is 18.2. The number of thiophene rings is 1. The molecule has 17 heavy (non-hydrogen) atoms. The van der Waals surface area contributed by atoms with E-state index in [1.165, 1.54) is 0 Å². The molecular formula is C13H14O3S. The van der Waals surface area contributed by atoms with E-state index in [1.54, 1.807) is 12.1 Å². The van der Waals surface area contributed by atoms with Crippen LogP contribution in [-0.4, -0.2) is 21.8 Å². The van der Waals surface area contributed by atoms with Gasteiger partial charge >= 0.3 is 5.97 Å². The van der Waals surface area contributed by atoms with E-state index in [0.29, 0.717) is 4.88 Å². The minimum atomic E-state index is -0.931. The van der Waals surface area contributed by atoms with Gasteiger partial charge in [0, 0.05) is 0 Å². The molecule has 1 aliphatic rings. The summed E-state index contributed by atoms with van der Waals surface area (Å²) >= 11 is 1.14. The summed E-state index contributed by atoms with van der Waals surface area (Å²) in [6.45, 7) is 0. The zero-order valence-electron chi connectivity index (χ0n) is 9.40. The fraction of sp³-hybridized carbons (Fsp3) is 0.462. The van der Waals surface area contributed by atoms with Crippen LogP contribution in [0, 0.1) is 11.8 Å². The second-order valence-corrected chi connectivity index (χ2v) is 5.40. The molecule has 0 radical (unpaired) electrons. The summed E-state index contributed by atoms with van der Waals surface area (Å²) in [7, 11) is 0. The van der Waals surface area contributed by atoms with Crippen LogP contribution in [0.25, 0.3) is 0 Å². The van der Waals surface area contributed by atoms with Crippen molar-refractivity contribution in [2.24, 2.45) is 0 Å². The topological polar surface area (TPSA) is 57.5 Å². The number of hydrogen-bond acceptors (Lipinski definition) is 3. The lowest BCUT2D eigenvalue weighted by Gasteiger charge is -2.26. The van der Waals surface area contributed by atoms with Crippen molar-refractivity contribution in [1.29, 1.82) is 0 Å². The molecule has 0 unspecified atom stereocenters. The minimum Gasteiger partial charge on any atom is -0.477 e. The Hall–Kier alpha value is -1.31. The Morgan fingerprint density at radius 3 is 2.59 bits per heavy atom. The minimum absolute atomic E-state index is 0.282. The molecule has 1 fully saturated rings. The van der Waals surface area contributed by atoms with Crippen LogP contribution in [0.1, 0.15) is 46.7 Å². The summed E-state index contributed by atoms with van der Waals surface area (Å²) in [5.74, 6) is 4.84. The van der Waals surface area contributed by atoms with Crippen LogP contribution in [-0.2, 0) is 0 Å². The lowest BCUT2D eigenvalue weighted by atomic mass is 9.85. The first-order valence-electron chi connectivity index (χ1n) is 5.68. The average molecular weight is 250 g/mol. The van der Waals surface area contributed by atoms with Gasteiger partial charge in [0.1, 0.15) is 10.5 Å². The Balaban J connectivity index is 2.11. The van der Waals surface area contributed by atoms with Crippen LogP contribution in [0.15, 0.2) is 12.1 Å². The summed E-state index contributed by atoms with van der Waals surface area (Å²) < 4.78 is 0. The fourth-order valence-corrected chi connectivity index (χ4v) is 2.66. The van der Waals surface area contributed by atoms with Gasteiger partial charge in [-0.2, -0.15) is 0 Å². The average Bonchev–Trinajstić information content (AvgIpc) is 2.76. The van der Waals surface area contributed by atoms with Gasteiger partial charge in [-0.3, -0.25) is 0 Å². The van der Waals surface area contributed by atoms with E-state index >= 15 is 0 Å². The number of carboxylic acids is 1. The maximum Gasteiger partial charge on any atom is 0.345 e. The molecule has 0 atom stereocenters. The van der Waals surface area contributed by atoms with Crippen LogP contribution >= 0.6 is 11.3 Å². The number of rotatable bonds is 1. The third-order valence-electron chi connectivity index (χ3n) is 2.92. The second kappa shape index (κ2) is 4.91. The molecule has 0 saturated heterocycles. The van der Waals surface area contributed by atoms with E-state index in [4.69, 9.17) is 5.11 Å². The lowest BCUT2D eigenvalue weighted by molar-refractivity contribution is 0.0610. The highest BCUT2D eigenvalue weighted by atomic mass is 32.1. The number of carbonyl (C=O) groups is 1. The van der Waals surface area contributed by atoms with Gasteiger partial charge in [0.25, 0.3) is 0 Å². The quantitative estimate of drug-likeness (QED) is 0.753. The first kappa shape index (κ1) is 12.2. The third-order valence-corrected chi connectivity index (χ3v) is 3.90. The summed E-state index contributed by atoms with van der Waals surface area (Å²) in [4.78, 5) is 11.7. The summed E-state index contributed by atoms with van der Waals surface area (Å²) in [5.41, 5.74) is -0.869. The fourth-order valence-electron chi connectivity index (χ4n) is 1.96. The molecule has 90 valence electrons. The molecule has 0 aromatic carbocycles. The Bertz CT molecular complexity index is 472. The number of aliphatic hydroxyl groups is 1. The molecule has 1 saturated carbocycles. The predicted octanol–water partition coefficient (Wildman–Crippen LogP) is 2.49. The Morgan fingerprint density at radius 1 is 1.29 bits per heavy atom. The van der Waals surface area contributed by atoms with E-state index in [1.807, 2.05) is 0 Å². The molecule has 1 aromatic rings. The van der Waals surface area contributed by atoms with Crippen molar-refractivity contribution in [2.45, 2.75) is 37.7 Å². The largest absolute Gasteiger partial charge is 0.477 e. The van der Waals surface area contributed by atoms with Gasteiger partial charge in [-0.1, -0.05) is 18.3 Å². The zero-order valence-corrected chi connectivity index (χ0v) is 10.2. The molecule has 0 bridgehead atoms. The summed E-state index contributed by atoms with van der Waals surface area (Å²) in [5, 5.41) is 18.9. The Labute approximate surface area is 104 Å². The van der Waals surface area contributed by atoms with Crippen LogP contribution in [0.2, 0.25) is 0 Å². The highest BCUT2D eigenvalue weighted by Crippen LogP contribution is 2.27. The number of aromatic carboxylic acids is 1. The first-order chi connectivity index (χ1) is 8.09. The van der Waals surface area contributed by atoms with Crippen molar-refractivity contribution in [3.63, 3.8) is 0 Å². The molecule has 2 N–H and O–H groups in total. The maximum absolute atomic E-state index is 10.7. The van der Waals surface area contributed by atoms with Gasteiger partial charge < -0.3 is 10.2 Å². The number of hydrogen-bond donors (Lipinski definition) is 2. The second-order valence-electron chi connectivity index (χ2n) is 4.31. The molecule has 2 rings (SSSR count). The van der Waals surface area contributed by atoms with Gasteiger partial charge in [-0.25, -0.2) is 4.79 Å². The molecule has 3 nitrogen and oxygen atoms in total. The van der Waals surface area contributed by atoms with Gasteiger partial charge in [0.05, 0.1) is 4.88 Å². The predicted molar refractivity (Wildman–Crippen MR) is 66.2 cm³/mol. The lowest BCUT2D eigenvalue weighted by Crippen LogP contribution is -2.29. The van der Waals surface area contributed by atoms with Crippen molar-refractivity contribution in [3.8, 4) is 11.8 Å². The van der Waals surface area contributed by atoms with Crippen molar-refractivity contribution in [2.75, 3.05) is 0 Å². The molecule has 0 amide bonds. The number of carboxylic acid groups (broad SMARTS) is 1. The van der Waals surface area contributed by atoms with Crippen LogP contribution in [0.4, 0.5) is 0 Å². The maximum atomic E-state index is 10.7. The monoisotopic (exact) mass is 250 g/mol. The third kappa shape index (κ3) is 3.09. The van der Waals surface area contributed by atoms with Gasteiger partial charge in [0.2, 0.25) is 0 Å². The molecule has 1 heterocycles. The molecule has 0 aliphatic heterocycles. The molecule has 4 heteroatoms. The molecule has 0 spiro atoms. The van der Waals surface area contributed by atoms with Gasteiger partial charge in [-0.05, 0) is 37.8 Å².